The number of ether oxygens (including phenoxy) is 2. The summed E-state index contributed by atoms with van der Waals surface area (Å²) in [6.07, 6.45) is 5.83. The first kappa shape index (κ1) is 23.5. The summed E-state index contributed by atoms with van der Waals surface area (Å²) < 4.78 is 13.0. The molecule has 4 rings (SSSR count). The van der Waals surface area contributed by atoms with Crippen LogP contribution in [0.4, 0.5) is 0 Å². The van der Waals surface area contributed by atoms with Crippen LogP contribution in [0.5, 0.6) is 11.5 Å². The van der Waals surface area contributed by atoms with Crippen LogP contribution in [0.15, 0.2) is 48.3 Å². The van der Waals surface area contributed by atoms with Crippen molar-refractivity contribution in [3.63, 3.8) is 0 Å². The Morgan fingerprint density at radius 3 is 2.62 bits per heavy atom. The number of aromatic nitrogens is 3. The lowest BCUT2D eigenvalue weighted by atomic mass is 9.94. The van der Waals surface area contributed by atoms with E-state index in [2.05, 4.69) is 9.97 Å². The molecule has 1 aliphatic rings. The van der Waals surface area contributed by atoms with E-state index in [0.717, 1.165) is 5.01 Å². The number of aliphatic hydroxyl groups excluding tert-OH is 1. The highest BCUT2D eigenvalue weighted by Gasteiger charge is 2.45. The molecule has 1 aromatic carbocycles. The second kappa shape index (κ2) is 9.68. The fourth-order valence-corrected chi connectivity index (χ4v) is 5.15. The van der Waals surface area contributed by atoms with Crippen LogP contribution in [-0.2, 0) is 11.3 Å². The van der Waals surface area contributed by atoms with Gasteiger partial charge in [0.1, 0.15) is 0 Å². The Bertz CT molecular complexity index is 1250. The van der Waals surface area contributed by atoms with Gasteiger partial charge in [-0.15, -0.1) is 11.3 Å². The fourth-order valence-electron chi connectivity index (χ4n) is 4.27. The Morgan fingerprint density at radius 1 is 1.21 bits per heavy atom. The summed E-state index contributed by atoms with van der Waals surface area (Å²) in [4.78, 5) is 37.2. The van der Waals surface area contributed by atoms with Gasteiger partial charge in [0.15, 0.2) is 17.3 Å². The number of amides is 1. The zero-order chi connectivity index (χ0) is 24.4. The smallest absolute Gasteiger partial charge is 0.290 e. The van der Waals surface area contributed by atoms with E-state index in [-0.39, 0.29) is 5.57 Å². The van der Waals surface area contributed by atoms with Crippen LogP contribution in [0.1, 0.15) is 38.4 Å². The number of imidazole rings is 1. The predicted octanol–water partition coefficient (Wildman–Crippen LogP) is 3.64. The highest BCUT2D eigenvalue weighted by Crippen LogP contribution is 2.45. The van der Waals surface area contributed by atoms with E-state index in [1.165, 1.54) is 30.5 Å². The Labute approximate surface area is 201 Å². The van der Waals surface area contributed by atoms with E-state index in [4.69, 9.17) is 9.47 Å². The number of rotatable bonds is 9. The number of thiazole rings is 1. The zero-order valence-electron chi connectivity index (χ0n) is 19.4. The number of methoxy groups -OCH3 is 2. The first-order chi connectivity index (χ1) is 16.4. The summed E-state index contributed by atoms with van der Waals surface area (Å²) in [5.41, 5.74) is 1.14. The number of aryl methyl sites for hydroxylation is 3. The number of Topliss-reactive ketones (excluding diaryl/α,β-unsaturated/α-hetero) is 1. The normalized spacial score (nSPS) is 15.8. The maximum atomic E-state index is 13.7. The van der Waals surface area contributed by atoms with Crippen molar-refractivity contribution in [1.82, 2.24) is 19.4 Å². The third-order valence-electron chi connectivity index (χ3n) is 5.76. The SMILES string of the molecule is COc1cccc(C2C(C(=O)c3sc(C)nc3C)=C(O)C(=O)N2CCCn2ccnc2)c1OC. The van der Waals surface area contributed by atoms with E-state index >= 15 is 0 Å². The van der Waals surface area contributed by atoms with E-state index in [0.29, 0.717) is 47.1 Å². The molecule has 0 spiro atoms. The molecule has 178 valence electrons. The lowest BCUT2D eigenvalue weighted by Gasteiger charge is -2.28. The lowest BCUT2D eigenvalue weighted by molar-refractivity contribution is -0.129. The van der Waals surface area contributed by atoms with Gasteiger partial charge in [-0.1, -0.05) is 12.1 Å². The Morgan fingerprint density at radius 2 is 2.00 bits per heavy atom. The number of aliphatic hydroxyl groups is 1. The summed E-state index contributed by atoms with van der Waals surface area (Å²) >= 11 is 1.24. The quantitative estimate of drug-likeness (QED) is 0.464. The molecule has 0 saturated carbocycles. The van der Waals surface area contributed by atoms with E-state index < -0.39 is 23.5 Å². The number of carbonyl (C=O) groups is 2. The van der Waals surface area contributed by atoms with Crippen molar-refractivity contribution in [2.75, 3.05) is 20.8 Å². The maximum Gasteiger partial charge on any atom is 0.290 e. The molecule has 34 heavy (non-hydrogen) atoms. The van der Waals surface area contributed by atoms with E-state index in [1.54, 1.807) is 37.6 Å². The van der Waals surface area contributed by atoms with Gasteiger partial charge in [-0.05, 0) is 26.3 Å². The minimum Gasteiger partial charge on any atom is -0.503 e. The topological polar surface area (TPSA) is 107 Å². The average molecular weight is 483 g/mol. The van der Waals surface area contributed by atoms with Gasteiger partial charge < -0.3 is 24.0 Å². The van der Waals surface area contributed by atoms with E-state index in [1.807, 2.05) is 17.7 Å². The number of hydrogen-bond acceptors (Lipinski definition) is 8. The molecule has 1 aliphatic heterocycles. The van der Waals surface area contributed by atoms with Crippen molar-refractivity contribution in [2.45, 2.75) is 32.9 Å². The third-order valence-corrected chi connectivity index (χ3v) is 6.83. The van der Waals surface area contributed by atoms with Gasteiger partial charge in [-0.25, -0.2) is 9.97 Å². The molecule has 10 heteroatoms. The molecular weight excluding hydrogens is 456 g/mol. The minimum atomic E-state index is -0.838. The van der Waals surface area contributed by atoms with Crippen molar-refractivity contribution in [2.24, 2.45) is 0 Å². The third kappa shape index (κ3) is 4.16. The number of para-hydroxylation sites is 1. The molecule has 0 radical (unpaired) electrons. The summed E-state index contributed by atoms with van der Waals surface area (Å²) in [5.74, 6) is -0.690. The van der Waals surface area contributed by atoms with Crippen LogP contribution >= 0.6 is 11.3 Å². The van der Waals surface area contributed by atoms with Crippen LogP contribution in [-0.4, -0.2) is 57.0 Å². The van der Waals surface area contributed by atoms with Crippen LogP contribution in [0.3, 0.4) is 0 Å². The summed E-state index contributed by atoms with van der Waals surface area (Å²) in [6.45, 7) is 4.50. The second-order valence-corrected chi connectivity index (χ2v) is 9.08. The zero-order valence-corrected chi connectivity index (χ0v) is 20.3. The molecule has 9 nitrogen and oxygen atoms in total. The summed E-state index contributed by atoms with van der Waals surface area (Å²) in [7, 11) is 3.02. The lowest BCUT2D eigenvalue weighted by Crippen LogP contribution is -2.33. The highest BCUT2D eigenvalue weighted by atomic mass is 32.1. The molecule has 0 fully saturated rings. The number of hydrogen-bond donors (Lipinski definition) is 1. The average Bonchev–Trinajstić information content (AvgIpc) is 3.53. The van der Waals surface area contributed by atoms with Crippen molar-refractivity contribution in [3.05, 3.63) is 69.4 Å². The molecule has 3 aromatic rings. The van der Waals surface area contributed by atoms with Crippen LogP contribution < -0.4 is 9.47 Å². The molecule has 1 unspecified atom stereocenters. The standard InChI is InChI=1S/C24H26N4O5S/c1-14-23(34-15(2)26-14)20(29)18-19(16-7-5-8-17(32-3)22(16)33-4)28(24(31)21(18)30)11-6-10-27-12-9-25-13-27/h5,7-9,12-13,19,30H,6,10-11H2,1-4H3. The van der Waals surface area contributed by atoms with Gasteiger partial charge in [0.25, 0.3) is 5.91 Å². The molecule has 0 bridgehead atoms. The first-order valence-corrected chi connectivity index (χ1v) is 11.6. The van der Waals surface area contributed by atoms with Gasteiger partial charge >= 0.3 is 0 Å². The number of nitrogens with zero attached hydrogens (tertiary/aromatic N) is 4. The molecule has 2 aromatic heterocycles. The van der Waals surface area contributed by atoms with Crippen LogP contribution in [0.25, 0.3) is 0 Å². The van der Waals surface area contributed by atoms with Crippen molar-refractivity contribution in [1.29, 1.82) is 0 Å². The van der Waals surface area contributed by atoms with Gasteiger partial charge in [-0.2, -0.15) is 0 Å². The van der Waals surface area contributed by atoms with Crippen LogP contribution in [0.2, 0.25) is 0 Å². The van der Waals surface area contributed by atoms with Gasteiger partial charge in [0.2, 0.25) is 5.78 Å². The minimum absolute atomic E-state index is 0.0194. The molecule has 1 N–H and O–H groups in total. The Hall–Kier alpha value is -3.66. The van der Waals surface area contributed by atoms with E-state index in [9.17, 15) is 14.7 Å². The number of benzene rings is 1. The summed E-state index contributed by atoms with van der Waals surface area (Å²) in [5, 5.41) is 11.7. The molecule has 3 heterocycles. The highest BCUT2D eigenvalue weighted by molar-refractivity contribution is 7.14. The Balaban J connectivity index is 1.78. The second-order valence-electron chi connectivity index (χ2n) is 7.88. The molecule has 0 aliphatic carbocycles. The van der Waals surface area contributed by atoms with Gasteiger partial charge in [0, 0.05) is 31.0 Å². The fraction of sp³-hybridized carbons (Fsp3) is 0.333. The van der Waals surface area contributed by atoms with Gasteiger partial charge in [-0.3, -0.25) is 9.59 Å². The molecule has 0 saturated heterocycles. The van der Waals surface area contributed by atoms with Gasteiger partial charge in [0.05, 0.1) is 47.7 Å². The molecular formula is C24H26N4O5S. The predicted molar refractivity (Wildman–Crippen MR) is 126 cm³/mol. The number of carbonyl (C=O) groups excluding carboxylic acids is 2. The van der Waals surface area contributed by atoms with Crippen molar-refractivity contribution < 1.29 is 24.2 Å². The molecule has 1 atom stereocenters. The van der Waals surface area contributed by atoms with Crippen molar-refractivity contribution in [3.8, 4) is 11.5 Å². The summed E-state index contributed by atoms with van der Waals surface area (Å²) in [6, 6.07) is 4.45. The number of ketones is 1. The largest absolute Gasteiger partial charge is 0.503 e. The van der Waals surface area contributed by atoms with Crippen LogP contribution in [0, 0.1) is 13.8 Å². The Kier molecular flexibility index (Phi) is 6.69. The first-order valence-electron chi connectivity index (χ1n) is 10.8. The molecule has 1 amide bonds. The monoisotopic (exact) mass is 482 g/mol. The maximum absolute atomic E-state index is 13.7. The van der Waals surface area contributed by atoms with Crippen molar-refractivity contribution >= 4 is 23.0 Å².